The summed E-state index contributed by atoms with van der Waals surface area (Å²) in [5.74, 6) is 2.06. The molecule has 78 valence electrons. The molecule has 0 aromatic carbocycles. The third-order valence-electron chi connectivity index (χ3n) is 2.59. The van der Waals surface area contributed by atoms with Crippen LogP contribution in [-0.2, 0) is 24.1 Å². The van der Waals surface area contributed by atoms with Crippen molar-refractivity contribution in [2.75, 3.05) is 13.7 Å². The number of aromatic nitrogens is 3. The van der Waals surface area contributed by atoms with Gasteiger partial charge in [-0.2, -0.15) is 0 Å². The zero-order valence-electron chi connectivity index (χ0n) is 8.44. The van der Waals surface area contributed by atoms with Gasteiger partial charge in [-0.1, -0.05) is 0 Å². The molecular formula is C9H16N4O. The van der Waals surface area contributed by atoms with Crippen molar-refractivity contribution in [3.63, 3.8) is 0 Å². The highest BCUT2D eigenvalue weighted by Crippen LogP contribution is 2.13. The monoisotopic (exact) mass is 196 g/mol. The first-order valence-electron chi connectivity index (χ1n) is 4.96. The molecule has 0 bridgehead atoms. The fourth-order valence-corrected chi connectivity index (χ4v) is 1.79. The van der Waals surface area contributed by atoms with E-state index in [0.717, 1.165) is 37.5 Å². The molecule has 14 heavy (non-hydrogen) atoms. The highest BCUT2D eigenvalue weighted by atomic mass is 16.5. The molecule has 1 aromatic rings. The Balaban J connectivity index is 2.13. The normalized spacial score (nSPS) is 20.9. The Hall–Kier alpha value is -0.940. The summed E-state index contributed by atoms with van der Waals surface area (Å²) in [6.07, 6.45) is 2.78. The quantitative estimate of drug-likeness (QED) is 0.723. The lowest BCUT2D eigenvalue weighted by Gasteiger charge is -2.20. The summed E-state index contributed by atoms with van der Waals surface area (Å²) >= 11 is 0. The van der Waals surface area contributed by atoms with E-state index < -0.39 is 0 Å². The van der Waals surface area contributed by atoms with Crippen LogP contribution in [0.15, 0.2) is 0 Å². The second-order valence-corrected chi connectivity index (χ2v) is 3.68. The third kappa shape index (κ3) is 1.78. The van der Waals surface area contributed by atoms with Crippen LogP contribution >= 0.6 is 0 Å². The molecule has 2 heterocycles. The van der Waals surface area contributed by atoms with Gasteiger partial charge in [-0.3, -0.25) is 0 Å². The lowest BCUT2D eigenvalue weighted by atomic mass is 10.1. The first-order chi connectivity index (χ1) is 6.81. The van der Waals surface area contributed by atoms with Gasteiger partial charge in [0.2, 0.25) is 0 Å². The molecule has 0 saturated carbocycles. The third-order valence-corrected chi connectivity index (χ3v) is 2.59. The molecular weight excluding hydrogens is 180 g/mol. The second kappa shape index (κ2) is 4.06. The fourth-order valence-electron chi connectivity index (χ4n) is 1.79. The number of fused-ring (bicyclic) bond motifs is 1. The van der Waals surface area contributed by atoms with Gasteiger partial charge in [0, 0.05) is 32.5 Å². The predicted octanol–water partition coefficient (Wildman–Crippen LogP) is -0.259. The Bertz CT molecular complexity index is 310. The average molecular weight is 196 g/mol. The van der Waals surface area contributed by atoms with Gasteiger partial charge in [0.25, 0.3) is 0 Å². The number of rotatable bonds is 3. The van der Waals surface area contributed by atoms with Gasteiger partial charge in [-0.15, -0.1) is 10.2 Å². The van der Waals surface area contributed by atoms with Gasteiger partial charge < -0.3 is 15.0 Å². The minimum absolute atomic E-state index is 0.250. The molecule has 2 rings (SSSR count). The SMILES string of the molecule is COCCc1nnc2n1CC(N)CC2. The van der Waals surface area contributed by atoms with E-state index in [9.17, 15) is 0 Å². The molecule has 1 aromatic heterocycles. The van der Waals surface area contributed by atoms with Gasteiger partial charge in [-0.25, -0.2) is 0 Å². The molecule has 1 aliphatic rings. The molecule has 0 saturated heterocycles. The number of hydrogen-bond donors (Lipinski definition) is 1. The van der Waals surface area contributed by atoms with Crippen molar-refractivity contribution in [3.05, 3.63) is 11.6 Å². The minimum atomic E-state index is 0.250. The average Bonchev–Trinajstić information content (AvgIpc) is 2.57. The van der Waals surface area contributed by atoms with E-state index in [4.69, 9.17) is 10.5 Å². The van der Waals surface area contributed by atoms with Gasteiger partial charge in [-0.05, 0) is 6.42 Å². The van der Waals surface area contributed by atoms with Crippen LogP contribution in [0.3, 0.4) is 0 Å². The molecule has 5 nitrogen and oxygen atoms in total. The Morgan fingerprint density at radius 1 is 1.57 bits per heavy atom. The summed E-state index contributed by atoms with van der Waals surface area (Å²) in [7, 11) is 1.69. The first kappa shape index (κ1) is 9.61. The maximum atomic E-state index is 5.90. The molecule has 0 aliphatic carbocycles. The summed E-state index contributed by atoms with van der Waals surface area (Å²) in [6, 6.07) is 0.250. The number of nitrogens with two attached hydrogens (primary N) is 1. The second-order valence-electron chi connectivity index (χ2n) is 3.68. The van der Waals surface area contributed by atoms with Crippen molar-refractivity contribution in [2.24, 2.45) is 5.73 Å². The van der Waals surface area contributed by atoms with E-state index in [-0.39, 0.29) is 6.04 Å². The smallest absolute Gasteiger partial charge is 0.135 e. The van der Waals surface area contributed by atoms with E-state index in [1.54, 1.807) is 7.11 Å². The maximum absolute atomic E-state index is 5.90. The number of ether oxygens (including phenoxy) is 1. The summed E-state index contributed by atoms with van der Waals surface area (Å²) in [5.41, 5.74) is 5.90. The van der Waals surface area contributed by atoms with Crippen molar-refractivity contribution in [3.8, 4) is 0 Å². The number of aryl methyl sites for hydroxylation is 1. The standard InChI is InChI=1S/C9H16N4O/c1-14-5-4-9-12-11-8-3-2-7(10)6-13(8)9/h7H,2-6,10H2,1H3. The Morgan fingerprint density at radius 2 is 2.43 bits per heavy atom. The molecule has 1 aliphatic heterocycles. The van der Waals surface area contributed by atoms with E-state index in [2.05, 4.69) is 14.8 Å². The van der Waals surface area contributed by atoms with Crippen LogP contribution in [0.1, 0.15) is 18.1 Å². The molecule has 0 radical (unpaired) electrons. The predicted molar refractivity (Wildman–Crippen MR) is 51.9 cm³/mol. The zero-order valence-corrected chi connectivity index (χ0v) is 8.44. The Kier molecular flexibility index (Phi) is 2.79. The van der Waals surface area contributed by atoms with Crippen LogP contribution < -0.4 is 5.73 Å². The van der Waals surface area contributed by atoms with E-state index in [1.165, 1.54) is 0 Å². The molecule has 2 N–H and O–H groups in total. The summed E-state index contributed by atoms with van der Waals surface area (Å²) in [5, 5.41) is 8.29. The summed E-state index contributed by atoms with van der Waals surface area (Å²) < 4.78 is 7.15. The maximum Gasteiger partial charge on any atom is 0.135 e. The molecule has 0 spiro atoms. The van der Waals surface area contributed by atoms with Gasteiger partial charge in [0.15, 0.2) is 0 Å². The summed E-state index contributed by atoms with van der Waals surface area (Å²) in [6.45, 7) is 1.54. The molecule has 1 atom stereocenters. The molecule has 5 heteroatoms. The van der Waals surface area contributed by atoms with Crippen LogP contribution in [0, 0.1) is 0 Å². The van der Waals surface area contributed by atoms with Crippen molar-refractivity contribution < 1.29 is 4.74 Å². The highest BCUT2D eigenvalue weighted by molar-refractivity contribution is 5.01. The topological polar surface area (TPSA) is 66.0 Å². The lowest BCUT2D eigenvalue weighted by molar-refractivity contribution is 0.199. The van der Waals surface area contributed by atoms with Crippen LogP contribution in [0.2, 0.25) is 0 Å². The van der Waals surface area contributed by atoms with Crippen molar-refractivity contribution >= 4 is 0 Å². The Morgan fingerprint density at radius 3 is 3.21 bits per heavy atom. The molecule has 0 amide bonds. The van der Waals surface area contributed by atoms with Gasteiger partial charge >= 0.3 is 0 Å². The fraction of sp³-hybridized carbons (Fsp3) is 0.778. The van der Waals surface area contributed by atoms with Crippen molar-refractivity contribution in [2.45, 2.75) is 31.8 Å². The van der Waals surface area contributed by atoms with Crippen molar-refractivity contribution in [1.82, 2.24) is 14.8 Å². The number of nitrogens with zero attached hydrogens (tertiary/aromatic N) is 3. The Labute approximate surface area is 83.3 Å². The van der Waals surface area contributed by atoms with Crippen LogP contribution in [0.25, 0.3) is 0 Å². The van der Waals surface area contributed by atoms with Crippen molar-refractivity contribution in [1.29, 1.82) is 0 Å². The zero-order chi connectivity index (χ0) is 9.97. The highest BCUT2D eigenvalue weighted by Gasteiger charge is 2.19. The largest absolute Gasteiger partial charge is 0.384 e. The number of methoxy groups -OCH3 is 1. The molecule has 1 unspecified atom stereocenters. The number of hydrogen-bond acceptors (Lipinski definition) is 4. The van der Waals surface area contributed by atoms with E-state index >= 15 is 0 Å². The van der Waals surface area contributed by atoms with Gasteiger partial charge in [0.1, 0.15) is 11.6 Å². The van der Waals surface area contributed by atoms with Crippen LogP contribution in [-0.4, -0.2) is 34.5 Å². The van der Waals surface area contributed by atoms with E-state index in [1.807, 2.05) is 0 Å². The van der Waals surface area contributed by atoms with E-state index in [0.29, 0.717) is 6.61 Å². The first-order valence-corrected chi connectivity index (χ1v) is 4.96. The van der Waals surface area contributed by atoms with Crippen LogP contribution in [0.4, 0.5) is 0 Å². The summed E-state index contributed by atoms with van der Waals surface area (Å²) in [4.78, 5) is 0. The molecule has 0 fully saturated rings. The van der Waals surface area contributed by atoms with Crippen LogP contribution in [0.5, 0.6) is 0 Å². The lowest BCUT2D eigenvalue weighted by Crippen LogP contribution is -2.32. The van der Waals surface area contributed by atoms with Gasteiger partial charge in [0.05, 0.1) is 6.61 Å². The minimum Gasteiger partial charge on any atom is -0.384 e.